The number of aliphatic hydroxyl groups excluding tert-OH is 3. The second kappa shape index (κ2) is 7.47. The Hall–Kier alpha value is -1.37. The van der Waals surface area contributed by atoms with E-state index in [0.29, 0.717) is 12.8 Å². The number of rotatable bonds is 6. The van der Waals surface area contributed by atoms with E-state index in [1.807, 2.05) is 5.32 Å². The predicted molar refractivity (Wildman–Crippen MR) is 75.5 cm³/mol. The average molecular weight is 337 g/mol. The van der Waals surface area contributed by atoms with E-state index in [4.69, 9.17) is 4.74 Å². The van der Waals surface area contributed by atoms with Gasteiger partial charge in [-0.2, -0.15) is 5.01 Å². The molecular weight excluding hydrogens is 314 g/mol. The Labute approximate surface area is 132 Å². The van der Waals surface area contributed by atoms with Crippen LogP contribution in [0.3, 0.4) is 0 Å². The molecule has 0 saturated carbocycles. The van der Waals surface area contributed by atoms with Crippen LogP contribution in [0, 0.1) is 4.91 Å². The molecule has 1 saturated heterocycles. The van der Waals surface area contributed by atoms with Crippen molar-refractivity contribution >= 4 is 6.03 Å². The monoisotopic (exact) mass is 337 g/mol. The number of unbranched alkanes of at least 4 members (excludes halogenated alkanes) is 1. The molecule has 1 heterocycles. The highest BCUT2D eigenvalue weighted by atomic mass is 16.7. The van der Waals surface area contributed by atoms with Crippen molar-refractivity contribution in [3.8, 4) is 0 Å². The molecule has 0 bridgehead atoms. The molecule has 1 aliphatic rings. The summed E-state index contributed by atoms with van der Waals surface area (Å²) >= 11 is 0. The summed E-state index contributed by atoms with van der Waals surface area (Å²) in [7, 11) is 0.986. The van der Waals surface area contributed by atoms with E-state index in [-0.39, 0.29) is 11.4 Å². The number of hydrogen-bond acceptors (Lipinski definition) is 9. The van der Waals surface area contributed by atoms with E-state index in [1.54, 1.807) is 6.92 Å². The Morgan fingerprint density at radius 3 is 2.48 bits per heavy atom. The predicted octanol–water partition coefficient (Wildman–Crippen LogP) is -2.01. The fourth-order valence-electron chi connectivity index (χ4n) is 2.36. The number of nitrogens with zero attached hydrogens (tertiary/aromatic N) is 2. The summed E-state index contributed by atoms with van der Waals surface area (Å²) in [5, 5.41) is 54.9. The summed E-state index contributed by atoms with van der Waals surface area (Å²) in [5.41, 5.74) is -2.82. The highest BCUT2D eigenvalue weighted by molar-refractivity contribution is 5.74. The minimum absolute atomic E-state index is 0.210. The third-order valence-electron chi connectivity index (χ3n) is 3.84. The van der Waals surface area contributed by atoms with Gasteiger partial charge in [-0.1, -0.05) is 13.3 Å². The molecule has 0 unspecified atom stereocenters. The van der Waals surface area contributed by atoms with Crippen molar-refractivity contribution in [1.82, 2.24) is 10.3 Å². The normalized spacial score (nSPS) is 37.3. The number of aliphatic hydroxyl groups is 5. The summed E-state index contributed by atoms with van der Waals surface area (Å²) in [6, 6.07) is -1.23. The van der Waals surface area contributed by atoms with Gasteiger partial charge in [-0.05, 0) is 6.42 Å². The van der Waals surface area contributed by atoms with Crippen LogP contribution in [0.15, 0.2) is 5.29 Å². The molecule has 0 aromatic heterocycles. The number of nitrogens with one attached hydrogen (secondary N) is 1. The average Bonchev–Trinajstić information content (AvgIpc) is 2.54. The topological polar surface area (TPSA) is 172 Å². The summed E-state index contributed by atoms with van der Waals surface area (Å²) in [6.45, 7) is 1.06. The van der Waals surface area contributed by atoms with Gasteiger partial charge < -0.3 is 35.6 Å². The van der Waals surface area contributed by atoms with Gasteiger partial charge in [-0.25, -0.2) is 4.79 Å². The second-order valence-electron chi connectivity index (χ2n) is 5.46. The van der Waals surface area contributed by atoms with Crippen LogP contribution in [-0.2, 0) is 4.74 Å². The molecule has 6 N–H and O–H groups in total. The summed E-state index contributed by atoms with van der Waals surface area (Å²) in [6.07, 6.45) is -4.52. The quantitative estimate of drug-likeness (QED) is 0.183. The molecule has 1 aliphatic heterocycles. The first-order valence-corrected chi connectivity index (χ1v) is 7.15. The molecule has 11 heteroatoms. The van der Waals surface area contributed by atoms with E-state index < -0.39 is 42.5 Å². The van der Waals surface area contributed by atoms with Crippen molar-refractivity contribution in [1.29, 1.82) is 0 Å². The maximum atomic E-state index is 11.8. The number of hydrogen-bond donors (Lipinski definition) is 6. The minimum atomic E-state index is -2.82. The second-order valence-corrected chi connectivity index (χ2v) is 5.46. The van der Waals surface area contributed by atoms with Crippen LogP contribution in [0.25, 0.3) is 0 Å². The van der Waals surface area contributed by atoms with E-state index >= 15 is 0 Å². The zero-order valence-corrected chi connectivity index (χ0v) is 12.9. The smallest absolute Gasteiger partial charge is 0.342 e. The molecule has 1 rings (SSSR count). The van der Waals surface area contributed by atoms with Gasteiger partial charge in [-0.3, -0.25) is 0 Å². The molecule has 0 spiro atoms. The number of carbonyl (C=O) groups is 1. The Morgan fingerprint density at radius 2 is 2.00 bits per heavy atom. The lowest BCUT2D eigenvalue weighted by molar-refractivity contribution is -0.396. The molecule has 0 aromatic rings. The van der Waals surface area contributed by atoms with Crippen LogP contribution in [0.5, 0.6) is 0 Å². The zero-order valence-electron chi connectivity index (χ0n) is 12.9. The minimum Gasteiger partial charge on any atom is -0.394 e. The Kier molecular flexibility index (Phi) is 6.39. The van der Waals surface area contributed by atoms with Crippen molar-refractivity contribution < 1.29 is 35.1 Å². The van der Waals surface area contributed by atoms with Crippen LogP contribution in [0.4, 0.5) is 4.79 Å². The first kappa shape index (κ1) is 19.7. The fraction of sp³-hybridized carbons (Fsp3) is 0.917. The van der Waals surface area contributed by atoms with Crippen LogP contribution >= 0.6 is 0 Å². The number of urea groups is 1. The van der Waals surface area contributed by atoms with E-state index in [1.165, 1.54) is 0 Å². The van der Waals surface area contributed by atoms with E-state index in [0.717, 1.165) is 7.05 Å². The molecule has 1 fully saturated rings. The van der Waals surface area contributed by atoms with Gasteiger partial charge in [0.1, 0.15) is 18.3 Å². The van der Waals surface area contributed by atoms with Crippen LogP contribution < -0.4 is 5.32 Å². The van der Waals surface area contributed by atoms with Crippen LogP contribution in [0.2, 0.25) is 0 Å². The van der Waals surface area contributed by atoms with Gasteiger partial charge in [0.15, 0.2) is 0 Å². The number of carbonyl (C=O) groups excluding carboxylic acids is 1. The zero-order chi connectivity index (χ0) is 17.8. The lowest BCUT2D eigenvalue weighted by atomic mass is 9.83. The third-order valence-corrected chi connectivity index (χ3v) is 3.84. The SMILES string of the molecule is CCCC[C@@]1(O)O[C@H](CO)[C@@H](O)[C@H](O)[C@]1(O)NC(=O)N(C)N=O. The molecule has 0 aromatic carbocycles. The van der Waals surface area contributed by atoms with Gasteiger partial charge in [0.05, 0.1) is 11.9 Å². The number of amides is 2. The molecule has 134 valence electrons. The summed E-state index contributed by atoms with van der Waals surface area (Å²) in [4.78, 5) is 22.1. The highest BCUT2D eigenvalue weighted by Gasteiger charge is 2.64. The van der Waals surface area contributed by atoms with Gasteiger partial charge in [0.25, 0.3) is 0 Å². The third kappa shape index (κ3) is 3.59. The maximum absolute atomic E-state index is 11.8. The van der Waals surface area contributed by atoms with Crippen molar-refractivity contribution in [2.45, 2.75) is 56.0 Å². The number of ether oxygens (including phenoxy) is 1. The Balaban J connectivity index is 3.18. The fourth-order valence-corrected chi connectivity index (χ4v) is 2.36. The van der Waals surface area contributed by atoms with Gasteiger partial charge >= 0.3 is 6.03 Å². The lowest BCUT2D eigenvalue weighted by Crippen LogP contribution is -2.79. The molecule has 5 atom stereocenters. The Morgan fingerprint density at radius 1 is 1.39 bits per heavy atom. The van der Waals surface area contributed by atoms with E-state index in [2.05, 4.69) is 5.29 Å². The summed E-state index contributed by atoms with van der Waals surface area (Å²) in [5.74, 6) is -2.49. The summed E-state index contributed by atoms with van der Waals surface area (Å²) < 4.78 is 5.14. The molecular formula is C12H23N3O8. The Bertz CT molecular complexity index is 439. The number of nitroso groups, excluding NO2 is 1. The van der Waals surface area contributed by atoms with Gasteiger partial charge in [0, 0.05) is 13.5 Å². The molecule has 11 nitrogen and oxygen atoms in total. The van der Waals surface area contributed by atoms with Gasteiger partial charge in [0.2, 0.25) is 11.5 Å². The lowest BCUT2D eigenvalue weighted by Gasteiger charge is -2.52. The largest absolute Gasteiger partial charge is 0.394 e. The van der Waals surface area contributed by atoms with Crippen molar-refractivity contribution in [3.63, 3.8) is 0 Å². The maximum Gasteiger partial charge on any atom is 0.342 e. The van der Waals surface area contributed by atoms with Crippen LogP contribution in [0.1, 0.15) is 26.2 Å². The van der Waals surface area contributed by atoms with Gasteiger partial charge in [-0.15, -0.1) is 4.91 Å². The van der Waals surface area contributed by atoms with Crippen molar-refractivity contribution in [2.75, 3.05) is 13.7 Å². The van der Waals surface area contributed by atoms with Crippen molar-refractivity contribution in [2.24, 2.45) is 5.29 Å². The highest BCUT2D eigenvalue weighted by Crippen LogP contribution is 2.38. The molecule has 0 radical (unpaired) electrons. The van der Waals surface area contributed by atoms with Crippen molar-refractivity contribution in [3.05, 3.63) is 4.91 Å². The van der Waals surface area contributed by atoms with E-state index in [9.17, 15) is 35.2 Å². The molecule has 23 heavy (non-hydrogen) atoms. The standard InChI is InChI=1S/C12H23N3O8/c1-3-4-5-11(20)12(21,13-10(19)15(2)14-22)9(18)8(17)7(6-16)23-11/h7-9,16-18,20-21H,3-6H2,1-2H3,(H,13,19)/t7-,8-,9+,11-,12-/m1/s1. The first-order chi connectivity index (χ1) is 10.7. The molecule has 2 amide bonds. The molecule has 0 aliphatic carbocycles. The van der Waals surface area contributed by atoms with Crippen LogP contribution in [-0.4, -0.2) is 80.1 Å². The first-order valence-electron chi connectivity index (χ1n) is 7.15.